The van der Waals surface area contributed by atoms with Crippen LogP contribution in [0.2, 0.25) is 0 Å². The molecule has 0 aromatic heterocycles. The number of hydrogen-bond acceptors (Lipinski definition) is 1. The fraction of sp³-hybridized carbons (Fsp3) is 0.200. The predicted octanol–water partition coefficient (Wildman–Crippen LogP) is 4.28. The summed E-state index contributed by atoms with van der Waals surface area (Å²) in [6, 6.07) is 8.30. The van der Waals surface area contributed by atoms with Gasteiger partial charge in [0.25, 0.3) is 0 Å². The molecule has 2 rings (SSSR count). The fourth-order valence-corrected chi connectivity index (χ4v) is 2.09. The van der Waals surface area contributed by atoms with Crippen LogP contribution in [0.5, 0.6) is 0 Å². The van der Waals surface area contributed by atoms with Gasteiger partial charge in [0.15, 0.2) is 0 Å². The summed E-state index contributed by atoms with van der Waals surface area (Å²) in [5.41, 5.74) is 7.12. The molecular formula is C15H13F4N. The lowest BCUT2D eigenvalue weighted by Crippen LogP contribution is -2.07. The number of benzene rings is 2. The van der Waals surface area contributed by atoms with Crippen LogP contribution in [0.3, 0.4) is 0 Å². The van der Waals surface area contributed by atoms with Crippen LogP contribution < -0.4 is 5.73 Å². The van der Waals surface area contributed by atoms with E-state index in [2.05, 4.69) is 0 Å². The van der Waals surface area contributed by atoms with Gasteiger partial charge < -0.3 is 5.73 Å². The number of hydrogen-bond donors (Lipinski definition) is 1. The molecule has 0 spiro atoms. The number of halogens is 4. The Morgan fingerprint density at radius 3 is 2.25 bits per heavy atom. The van der Waals surface area contributed by atoms with Crippen LogP contribution in [0.15, 0.2) is 36.4 Å². The molecule has 20 heavy (non-hydrogen) atoms. The minimum Gasteiger partial charge on any atom is -0.326 e. The van der Waals surface area contributed by atoms with E-state index >= 15 is 0 Å². The average Bonchev–Trinajstić information content (AvgIpc) is 2.36. The molecule has 2 aromatic carbocycles. The summed E-state index contributed by atoms with van der Waals surface area (Å²) in [6.07, 6.45) is -4.68. The van der Waals surface area contributed by atoms with Crippen molar-refractivity contribution >= 4 is 0 Å². The maximum Gasteiger partial charge on any atom is 0.419 e. The molecule has 0 atom stereocenters. The summed E-state index contributed by atoms with van der Waals surface area (Å²) >= 11 is 0. The highest BCUT2D eigenvalue weighted by Gasteiger charge is 2.33. The van der Waals surface area contributed by atoms with Crippen molar-refractivity contribution in [2.75, 3.05) is 0 Å². The van der Waals surface area contributed by atoms with E-state index in [1.54, 1.807) is 12.1 Å². The monoisotopic (exact) mass is 283 g/mol. The van der Waals surface area contributed by atoms with E-state index in [1.807, 2.05) is 13.0 Å². The van der Waals surface area contributed by atoms with Crippen LogP contribution >= 0.6 is 0 Å². The summed E-state index contributed by atoms with van der Waals surface area (Å²) in [4.78, 5) is 0. The van der Waals surface area contributed by atoms with E-state index in [9.17, 15) is 17.6 Å². The lowest BCUT2D eigenvalue weighted by Gasteiger charge is -2.11. The Bertz CT molecular complexity index is 632. The maximum atomic E-state index is 13.6. The Hall–Kier alpha value is -1.88. The van der Waals surface area contributed by atoms with Gasteiger partial charge in [0, 0.05) is 6.54 Å². The lowest BCUT2D eigenvalue weighted by atomic mass is 9.97. The van der Waals surface area contributed by atoms with Crippen LogP contribution in [0, 0.1) is 12.7 Å². The fourth-order valence-electron chi connectivity index (χ4n) is 2.09. The predicted molar refractivity (Wildman–Crippen MR) is 69.5 cm³/mol. The maximum absolute atomic E-state index is 13.6. The van der Waals surface area contributed by atoms with Crippen molar-refractivity contribution in [2.24, 2.45) is 5.73 Å². The minimum absolute atomic E-state index is 0.377. The molecule has 0 aliphatic heterocycles. The molecule has 106 valence electrons. The van der Waals surface area contributed by atoms with Crippen LogP contribution in [0.1, 0.15) is 16.7 Å². The zero-order valence-corrected chi connectivity index (χ0v) is 10.8. The Morgan fingerprint density at radius 1 is 1.05 bits per heavy atom. The number of nitrogens with two attached hydrogens (primary N) is 1. The first-order valence-electron chi connectivity index (χ1n) is 5.99. The van der Waals surface area contributed by atoms with E-state index in [1.165, 1.54) is 6.07 Å². The normalized spacial score (nSPS) is 11.7. The second-order valence-corrected chi connectivity index (χ2v) is 4.55. The van der Waals surface area contributed by atoms with Gasteiger partial charge in [-0.2, -0.15) is 13.2 Å². The summed E-state index contributed by atoms with van der Waals surface area (Å²) in [5.74, 6) is -1.27. The highest BCUT2D eigenvalue weighted by molar-refractivity contribution is 5.68. The van der Waals surface area contributed by atoms with E-state index in [0.29, 0.717) is 17.7 Å². The standard InChI is InChI=1S/C15H13F4N/c1-9-6-10(8-20)2-4-12(9)11-3-5-13(14(16)7-11)15(17,18)19/h2-7H,8,20H2,1H3. The first kappa shape index (κ1) is 14.5. The molecule has 2 N–H and O–H groups in total. The third kappa shape index (κ3) is 2.82. The molecule has 0 bridgehead atoms. The summed E-state index contributed by atoms with van der Waals surface area (Å²) in [5, 5.41) is 0. The first-order valence-corrected chi connectivity index (χ1v) is 5.99. The molecule has 0 fully saturated rings. The van der Waals surface area contributed by atoms with Gasteiger partial charge in [0.05, 0.1) is 5.56 Å². The Balaban J connectivity index is 2.47. The van der Waals surface area contributed by atoms with Gasteiger partial charge in [0.2, 0.25) is 0 Å². The van der Waals surface area contributed by atoms with Crippen molar-refractivity contribution in [1.82, 2.24) is 0 Å². The molecule has 0 aliphatic carbocycles. The van der Waals surface area contributed by atoms with Gasteiger partial charge >= 0.3 is 6.18 Å². The number of alkyl halides is 3. The number of rotatable bonds is 2. The lowest BCUT2D eigenvalue weighted by molar-refractivity contribution is -0.139. The Labute approximate surface area is 114 Å². The molecule has 0 unspecified atom stereocenters. The second kappa shape index (κ2) is 5.25. The highest BCUT2D eigenvalue weighted by Crippen LogP contribution is 2.34. The van der Waals surface area contributed by atoms with E-state index in [-0.39, 0.29) is 0 Å². The third-order valence-electron chi connectivity index (χ3n) is 3.11. The molecule has 0 saturated carbocycles. The van der Waals surface area contributed by atoms with E-state index < -0.39 is 17.6 Å². The zero-order valence-electron chi connectivity index (χ0n) is 10.8. The van der Waals surface area contributed by atoms with Crippen molar-refractivity contribution in [3.05, 3.63) is 58.9 Å². The first-order chi connectivity index (χ1) is 9.32. The van der Waals surface area contributed by atoms with Gasteiger partial charge in [-0.25, -0.2) is 4.39 Å². The molecule has 0 aliphatic rings. The molecule has 0 radical (unpaired) electrons. The van der Waals surface area contributed by atoms with Crippen molar-refractivity contribution in [2.45, 2.75) is 19.6 Å². The van der Waals surface area contributed by atoms with Crippen LogP contribution in [-0.4, -0.2) is 0 Å². The highest BCUT2D eigenvalue weighted by atomic mass is 19.4. The van der Waals surface area contributed by atoms with Gasteiger partial charge in [-0.1, -0.05) is 24.3 Å². The topological polar surface area (TPSA) is 26.0 Å². The van der Waals surface area contributed by atoms with Crippen LogP contribution in [-0.2, 0) is 12.7 Å². The van der Waals surface area contributed by atoms with Gasteiger partial charge in [0.1, 0.15) is 5.82 Å². The van der Waals surface area contributed by atoms with E-state index in [0.717, 1.165) is 23.3 Å². The summed E-state index contributed by atoms with van der Waals surface area (Å²) in [7, 11) is 0. The minimum atomic E-state index is -4.68. The molecule has 2 aromatic rings. The van der Waals surface area contributed by atoms with Crippen molar-refractivity contribution < 1.29 is 17.6 Å². The molecule has 0 saturated heterocycles. The zero-order chi connectivity index (χ0) is 14.9. The Kier molecular flexibility index (Phi) is 3.81. The van der Waals surface area contributed by atoms with Gasteiger partial charge in [-0.15, -0.1) is 0 Å². The molecule has 0 amide bonds. The number of aryl methyl sites for hydroxylation is 1. The quantitative estimate of drug-likeness (QED) is 0.818. The Morgan fingerprint density at radius 2 is 1.75 bits per heavy atom. The molecule has 5 heteroatoms. The smallest absolute Gasteiger partial charge is 0.326 e. The SMILES string of the molecule is Cc1cc(CN)ccc1-c1ccc(C(F)(F)F)c(F)c1. The largest absolute Gasteiger partial charge is 0.419 e. The average molecular weight is 283 g/mol. The van der Waals surface area contributed by atoms with Gasteiger partial charge in [-0.05, 0) is 41.3 Å². The van der Waals surface area contributed by atoms with E-state index in [4.69, 9.17) is 5.73 Å². The second-order valence-electron chi connectivity index (χ2n) is 4.55. The van der Waals surface area contributed by atoms with Crippen LogP contribution in [0.25, 0.3) is 11.1 Å². The molecule has 1 nitrogen and oxygen atoms in total. The van der Waals surface area contributed by atoms with Crippen LogP contribution in [0.4, 0.5) is 17.6 Å². The summed E-state index contributed by atoms with van der Waals surface area (Å²) in [6.45, 7) is 2.19. The van der Waals surface area contributed by atoms with Crippen molar-refractivity contribution in [3.63, 3.8) is 0 Å². The molecule has 0 heterocycles. The third-order valence-corrected chi connectivity index (χ3v) is 3.11. The van der Waals surface area contributed by atoms with Crippen molar-refractivity contribution in [3.8, 4) is 11.1 Å². The molecular weight excluding hydrogens is 270 g/mol. The van der Waals surface area contributed by atoms with Crippen molar-refractivity contribution in [1.29, 1.82) is 0 Å². The summed E-state index contributed by atoms with van der Waals surface area (Å²) < 4.78 is 51.1. The van der Waals surface area contributed by atoms with Gasteiger partial charge in [-0.3, -0.25) is 0 Å².